The summed E-state index contributed by atoms with van der Waals surface area (Å²) in [4.78, 5) is 18.8. The molecule has 94 valence electrons. The van der Waals surface area contributed by atoms with E-state index < -0.39 is 0 Å². The molecule has 6 nitrogen and oxygen atoms in total. The van der Waals surface area contributed by atoms with Crippen LogP contribution in [-0.4, -0.2) is 15.9 Å². The number of nitrogens with zero attached hydrogens (tertiary/aromatic N) is 3. The Morgan fingerprint density at radius 2 is 1.79 bits per heavy atom. The fourth-order valence-corrected chi connectivity index (χ4v) is 1.49. The molecule has 0 aliphatic heterocycles. The molecule has 0 saturated heterocycles. The zero-order chi connectivity index (χ0) is 13.7. The van der Waals surface area contributed by atoms with Crippen LogP contribution in [0.5, 0.6) is 0 Å². The smallest absolute Gasteiger partial charge is 0.221 e. The van der Waals surface area contributed by atoms with Crippen LogP contribution < -0.4 is 10.6 Å². The molecule has 0 fully saturated rings. The van der Waals surface area contributed by atoms with Gasteiger partial charge in [0, 0.05) is 30.7 Å². The lowest BCUT2D eigenvalue weighted by atomic mass is 10.2. The first-order valence-corrected chi connectivity index (χ1v) is 5.55. The maximum Gasteiger partial charge on any atom is 0.221 e. The number of nitrogens with one attached hydrogen (secondary N) is 2. The summed E-state index contributed by atoms with van der Waals surface area (Å²) < 4.78 is 0. The van der Waals surface area contributed by atoms with E-state index in [2.05, 4.69) is 20.6 Å². The molecule has 1 heterocycles. The molecule has 1 amide bonds. The molecule has 6 heteroatoms. The number of carbonyl (C=O) groups is 1. The van der Waals surface area contributed by atoms with Crippen molar-refractivity contribution in [3.63, 3.8) is 0 Å². The van der Waals surface area contributed by atoms with Crippen LogP contribution in [0.4, 0.5) is 17.2 Å². The number of aromatic nitrogens is 2. The van der Waals surface area contributed by atoms with E-state index in [1.807, 2.05) is 6.07 Å². The molecule has 19 heavy (non-hydrogen) atoms. The van der Waals surface area contributed by atoms with E-state index in [9.17, 15) is 4.79 Å². The molecule has 0 saturated carbocycles. The van der Waals surface area contributed by atoms with Crippen LogP contribution in [0.3, 0.4) is 0 Å². The Labute approximate surface area is 110 Å². The van der Waals surface area contributed by atoms with Gasteiger partial charge >= 0.3 is 0 Å². The number of rotatable bonds is 3. The van der Waals surface area contributed by atoms with Crippen LogP contribution in [0.2, 0.25) is 0 Å². The third-order valence-electron chi connectivity index (χ3n) is 2.27. The molecule has 2 N–H and O–H groups in total. The van der Waals surface area contributed by atoms with Gasteiger partial charge in [-0.1, -0.05) is 0 Å². The van der Waals surface area contributed by atoms with Crippen molar-refractivity contribution in [3.8, 4) is 6.07 Å². The van der Waals surface area contributed by atoms with Gasteiger partial charge in [-0.15, -0.1) is 0 Å². The third kappa shape index (κ3) is 3.26. The second kappa shape index (κ2) is 5.60. The van der Waals surface area contributed by atoms with Gasteiger partial charge in [0.2, 0.25) is 5.91 Å². The topological polar surface area (TPSA) is 90.7 Å². The summed E-state index contributed by atoms with van der Waals surface area (Å²) in [6.07, 6.45) is 2.97. The standard InChI is InChI=1S/C13H11N5O/c1-9(19)17-10-2-4-11(5-3-10)18-13-12(8-14)15-6-7-16-13/h2-7H,1H3,(H,16,18)(H,17,19). The average molecular weight is 253 g/mol. The highest BCUT2D eigenvalue weighted by molar-refractivity contribution is 5.88. The molecular weight excluding hydrogens is 242 g/mol. The number of anilines is 3. The van der Waals surface area contributed by atoms with Crippen molar-refractivity contribution in [1.82, 2.24) is 9.97 Å². The molecule has 0 bridgehead atoms. The number of carbonyl (C=O) groups excluding carboxylic acids is 1. The number of hydrogen-bond donors (Lipinski definition) is 2. The zero-order valence-electron chi connectivity index (χ0n) is 10.2. The van der Waals surface area contributed by atoms with E-state index in [-0.39, 0.29) is 11.6 Å². The predicted molar refractivity (Wildman–Crippen MR) is 70.8 cm³/mol. The van der Waals surface area contributed by atoms with E-state index >= 15 is 0 Å². The lowest BCUT2D eigenvalue weighted by Crippen LogP contribution is -2.05. The van der Waals surface area contributed by atoms with Gasteiger partial charge in [0.05, 0.1) is 0 Å². The van der Waals surface area contributed by atoms with Crippen LogP contribution in [0.25, 0.3) is 0 Å². The monoisotopic (exact) mass is 253 g/mol. The van der Waals surface area contributed by atoms with Crippen molar-refractivity contribution in [1.29, 1.82) is 5.26 Å². The third-order valence-corrected chi connectivity index (χ3v) is 2.27. The first-order valence-electron chi connectivity index (χ1n) is 5.55. The Morgan fingerprint density at radius 3 is 2.42 bits per heavy atom. The Bertz CT molecular complexity index is 630. The van der Waals surface area contributed by atoms with Gasteiger partial charge < -0.3 is 10.6 Å². The molecule has 0 aliphatic carbocycles. The summed E-state index contributed by atoms with van der Waals surface area (Å²) >= 11 is 0. The van der Waals surface area contributed by atoms with Crippen LogP contribution >= 0.6 is 0 Å². The van der Waals surface area contributed by atoms with E-state index in [1.54, 1.807) is 24.3 Å². The highest BCUT2D eigenvalue weighted by Crippen LogP contribution is 2.18. The van der Waals surface area contributed by atoms with Gasteiger partial charge in [0.1, 0.15) is 6.07 Å². The van der Waals surface area contributed by atoms with Crippen molar-refractivity contribution in [2.24, 2.45) is 0 Å². The second-order valence-electron chi connectivity index (χ2n) is 3.75. The molecule has 2 rings (SSSR count). The van der Waals surface area contributed by atoms with E-state index in [1.165, 1.54) is 19.3 Å². The van der Waals surface area contributed by atoms with Crippen molar-refractivity contribution in [2.75, 3.05) is 10.6 Å². The summed E-state index contributed by atoms with van der Waals surface area (Å²) in [6, 6.07) is 9.03. The Balaban J connectivity index is 2.16. The Hall–Kier alpha value is -2.94. The summed E-state index contributed by atoms with van der Waals surface area (Å²) in [5.41, 5.74) is 1.69. The number of benzene rings is 1. The van der Waals surface area contributed by atoms with Crippen LogP contribution in [0.15, 0.2) is 36.7 Å². The Morgan fingerprint density at radius 1 is 1.16 bits per heavy atom. The first kappa shape index (κ1) is 12.5. The van der Waals surface area contributed by atoms with Gasteiger partial charge in [-0.3, -0.25) is 4.79 Å². The van der Waals surface area contributed by atoms with Crippen molar-refractivity contribution >= 4 is 23.1 Å². The molecule has 0 spiro atoms. The average Bonchev–Trinajstić information content (AvgIpc) is 2.41. The highest BCUT2D eigenvalue weighted by atomic mass is 16.1. The lowest BCUT2D eigenvalue weighted by molar-refractivity contribution is -0.114. The summed E-state index contributed by atoms with van der Waals surface area (Å²) in [7, 11) is 0. The molecule has 1 aromatic carbocycles. The molecule has 0 radical (unpaired) electrons. The first-order chi connectivity index (χ1) is 9.19. The minimum atomic E-state index is -0.124. The summed E-state index contributed by atoms with van der Waals surface area (Å²) in [6.45, 7) is 1.45. The van der Waals surface area contributed by atoms with E-state index in [0.717, 1.165) is 5.69 Å². The minimum Gasteiger partial charge on any atom is -0.338 e. The molecular formula is C13H11N5O. The van der Waals surface area contributed by atoms with Crippen LogP contribution in [-0.2, 0) is 4.79 Å². The lowest BCUT2D eigenvalue weighted by Gasteiger charge is -2.07. The quantitative estimate of drug-likeness (QED) is 0.873. The van der Waals surface area contributed by atoms with Gasteiger partial charge in [-0.2, -0.15) is 5.26 Å². The predicted octanol–water partition coefficient (Wildman–Crippen LogP) is 2.05. The molecule has 2 aromatic rings. The maximum absolute atomic E-state index is 10.9. The van der Waals surface area contributed by atoms with Gasteiger partial charge in [-0.05, 0) is 24.3 Å². The molecule has 0 unspecified atom stereocenters. The number of hydrogen-bond acceptors (Lipinski definition) is 5. The minimum absolute atomic E-state index is 0.124. The Kier molecular flexibility index (Phi) is 3.69. The van der Waals surface area contributed by atoms with Crippen LogP contribution in [0, 0.1) is 11.3 Å². The largest absolute Gasteiger partial charge is 0.338 e. The highest BCUT2D eigenvalue weighted by Gasteiger charge is 2.04. The zero-order valence-corrected chi connectivity index (χ0v) is 10.2. The summed E-state index contributed by atoms with van der Waals surface area (Å²) in [5.74, 6) is 0.277. The molecule has 1 aromatic heterocycles. The van der Waals surface area contributed by atoms with Gasteiger partial charge in [-0.25, -0.2) is 9.97 Å². The maximum atomic E-state index is 10.9. The fourth-order valence-electron chi connectivity index (χ4n) is 1.49. The number of nitriles is 1. The van der Waals surface area contributed by atoms with E-state index in [4.69, 9.17) is 5.26 Å². The second-order valence-corrected chi connectivity index (χ2v) is 3.75. The van der Waals surface area contributed by atoms with Crippen LogP contribution in [0.1, 0.15) is 12.6 Å². The van der Waals surface area contributed by atoms with Gasteiger partial charge in [0.15, 0.2) is 11.5 Å². The normalized spacial score (nSPS) is 9.47. The SMILES string of the molecule is CC(=O)Nc1ccc(Nc2nccnc2C#N)cc1. The fraction of sp³-hybridized carbons (Fsp3) is 0.0769. The van der Waals surface area contributed by atoms with Gasteiger partial charge in [0.25, 0.3) is 0 Å². The van der Waals surface area contributed by atoms with Crippen molar-refractivity contribution in [2.45, 2.75) is 6.92 Å². The number of amides is 1. The van der Waals surface area contributed by atoms with E-state index in [0.29, 0.717) is 11.5 Å². The van der Waals surface area contributed by atoms with Crippen molar-refractivity contribution in [3.05, 3.63) is 42.4 Å². The molecule has 0 atom stereocenters. The molecule has 0 aliphatic rings. The van der Waals surface area contributed by atoms with Crippen molar-refractivity contribution < 1.29 is 4.79 Å². The summed E-state index contributed by atoms with van der Waals surface area (Å²) in [5, 5.41) is 14.6.